The number of rotatable bonds is 1. The lowest BCUT2D eigenvalue weighted by molar-refractivity contribution is -0.0468. The van der Waals surface area contributed by atoms with E-state index in [-0.39, 0.29) is 36.9 Å². The van der Waals surface area contributed by atoms with Gasteiger partial charge >= 0.3 is 5.97 Å². The summed E-state index contributed by atoms with van der Waals surface area (Å²) in [5.41, 5.74) is 2.93. The summed E-state index contributed by atoms with van der Waals surface area (Å²) in [6, 6.07) is 3.94. The summed E-state index contributed by atoms with van der Waals surface area (Å²) in [7, 11) is 3.79. The summed E-state index contributed by atoms with van der Waals surface area (Å²) < 4.78 is 22.4. The van der Waals surface area contributed by atoms with E-state index in [1.54, 1.807) is 13.2 Å². The van der Waals surface area contributed by atoms with Crippen LogP contribution in [0.15, 0.2) is 23.8 Å². The van der Waals surface area contributed by atoms with Crippen LogP contribution in [0.25, 0.3) is 0 Å². The first kappa shape index (κ1) is 14.3. The minimum Gasteiger partial charge on any atom is -0.455 e. The summed E-state index contributed by atoms with van der Waals surface area (Å²) in [6.45, 7) is 1.19. The molecule has 0 bridgehead atoms. The third-order valence-corrected chi connectivity index (χ3v) is 5.64. The topological polar surface area (TPSA) is 57.2 Å². The molecule has 3 aliphatic heterocycles. The number of likely N-dealkylation sites (N-methyl/N-ethyl adjacent to an activating group) is 1. The van der Waals surface area contributed by atoms with Gasteiger partial charge in [0.2, 0.25) is 6.79 Å². The summed E-state index contributed by atoms with van der Waals surface area (Å²) in [5, 5.41) is 0. The Labute approximate surface area is 139 Å². The maximum atomic E-state index is 12.6. The number of esters is 1. The Kier molecular flexibility index (Phi) is 2.96. The number of hydrogen-bond acceptors (Lipinski definition) is 6. The van der Waals surface area contributed by atoms with Crippen molar-refractivity contribution in [3.8, 4) is 11.5 Å². The second-order valence-corrected chi connectivity index (χ2v) is 6.81. The van der Waals surface area contributed by atoms with Gasteiger partial charge in [0, 0.05) is 25.6 Å². The van der Waals surface area contributed by atoms with Gasteiger partial charge < -0.3 is 18.9 Å². The van der Waals surface area contributed by atoms with E-state index in [0.717, 1.165) is 18.5 Å². The van der Waals surface area contributed by atoms with E-state index in [1.807, 2.05) is 6.07 Å². The molecule has 126 valence electrons. The van der Waals surface area contributed by atoms with Crippen molar-refractivity contribution in [1.29, 1.82) is 0 Å². The van der Waals surface area contributed by atoms with E-state index < -0.39 is 0 Å². The molecule has 4 atom stereocenters. The van der Waals surface area contributed by atoms with Crippen LogP contribution >= 0.6 is 0 Å². The first-order valence-corrected chi connectivity index (χ1v) is 8.25. The fraction of sp³-hybridized carbons (Fsp3) is 0.500. The molecule has 1 fully saturated rings. The summed E-state index contributed by atoms with van der Waals surface area (Å²) in [5.74, 6) is 1.04. The molecule has 6 nitrogen and oxygen atoms in total. The molecule has 0 spiro atoms. The highest BCUT2D eigenvalue weighted by Crippen LogP contribution is 2.49. The van der Waals surface area contributed by atoms with Crippen LogP contribution in [0.1, 0.15) is 28.3 Å². The Balaban J connectivity index is 1.70. The quantitative estimate of drug-likeness (QED) is 0.577. The first-order chi connectivity index (χ1) is 11.7. The SMILES string of the molecule is CO[C@@H]1C=C2CCN(C)[C@@H]2[C@@H]2c3cc4c(cc3C(=O)O[C@@H]21)OCO4. The van der Waals surface area contributed by atoms with Crippen LogP contribution in [0.3, 0.4) is 0 Å². The molecule has 1 saturated heterocycles. The standard InChI is InChI=1S/C18H19NO5/c1-19-4-3-9-5-14(21-2)17-15(16(9)19)10-6-12-13(23-8-22-12)7-11(10)18(20)24-17/h5-7,14-17H,3-4,8H2,1-2H3/t14-,15+,16+,17-/m1/s1. The van der Waals surface area contributed by atoms with E-state index in [1.165, 1.54) is 5.57 Å². The van der Waals surface area contributed by atoms with E-state index in [0.29, 0.717) is 17.1 Å². The van der Waals surface area contributed by atoms with E-state index in [9.17, 15) is 4.79 Å². The number of fused-ring (bicyclic) bond motifs is 6. The Morgan fingerprint density at radius 3 is 2.83 bits per heavy atom. The number of hydrogen-bond donors (Lipinski definition) is 0. The molecule has 0 amide bonds. The fourth-order valence-corrected chi connectivity index (χ4v) is 4.54. The molecule has 0 aromatic heterocycles. The van der Waals surface area contributed by atoms with Crippen LogP contribution in [0, 0.1) is 0 Å². The monoisotopic (exact) mass is 329 g/mol. The molecule has 1 aliphatic carbocycles. The highest BCUT2D eigenvalue weighted by atomic mass is 16.7. The van der Waals surface area contributed by atoms with Gasteiger partial charge in [-0.3, -0.25) is 4.90 Å². The maximum absolute atomic E-state index is 12.6. The molecule has 6 heteroatoms. The minimum atomic E-state index is -0.316. The van der Waals surface area contributed by atoms with E-state index >= 15 is 0 Å². The highest BCUT2D eigenvalue weighted by molar-refractivity contribution is 5.94. The molecular formula is C18H19NO5. The van der Waals surface area contributed by atoms with Crippen molar-refractivity contribution in [2.45, 2.75) is 30.6 Å². The number of nitrogens with zero attached hydrogens (tertiary/aromatic N) is 1. The van der Waals surface area contributed by atoms with Crippen molar-refractivity contribution in [2.24, 2.45) is 0 Å². The zero-order chi connectivity index (χ0) is 16.4. The predicted octanol–water partition coefficient (Wildman–Crippen LogP) is 1.70. The van der Waals surface area contributed by atoms with Gasteiger partial charge in [-0.15, -0.1) is 0 Å². The van der Waals surface area contributed by atoms with Gasteiger partial charge in [0.25, 0.3) is 0 Å². The lowest BCUT2D eigenvalue weighted by Crippen LogP contribution is -2.51. The number of benzene rings is 1. The van der Waals surface area contributed by atoms with Crippen LogP contribution in [0.4, 0.5) is 0 Å². The summed E-state index contributed by atoms with van der Waals surface area (Å²) in [6.07, 6.45) is 2.64. The lowest BCUT2D eigenvalue weighted by atomic mass is 9.73. The first-order valence-electron chi connectivity index (χ1n) is 8.25. The average Bonchev–Trinajstić information content (AvgIpc) is 3.19. The maximum Gasteiger partial charge on any atom is 0.338 e. The van der Waals surface area contributed by atoms with Crippen LogP contribution in [-0.4, -0.2) is 56.6 Å². The van der Waals surface area contributed by atoms with Crippen molar-refractivity contribution in [3.63, 3.8) is 0 Å². The second-order valence-electron chi connectivity index (χ2n) is 6.81. The van der Waals surface area contributed by atoms with Crippen molar-refractivity contribution in [2.75, 3.05) is 27.5 Å². The molecule has 1 aromatic carbocycles. The predicted molar refractivity (Wildman–Crippen MR) is 84.4 cm³/mol. The van der Waals surface area contributed by atoms with Crippen LogP contribution in [0.5, 0.6) is 11.5 Å². The minimum absolute atomic E-state index is 0.0460. The summed E-state index contributed by atoms with van der Waals surface area (Å²) in [4.78, 5) is 14.9. The van der Waals surface area contributed by atoms with Gasteiger partial charge in [-0.25, -0.2) is 4.79 Å². The zero-order valence-corrected chi connectivity index (χ0v) is 13.7. The lowest BCUT2D eigenvalue weighted by Gasteiger charge is -2.44. The number of ether oxygens (including phenoxy) is 4. The van der Waals surface area contributed by atoms with Crippen molar-refractivity contribution >= 4 is 5.97 Å². The zero-order valence-electron chi connectivity index (χ0n) is 13.7. The van der Waals surface area contributed by atoms with Gasteiger partial charge in [0.05, 0.1) is 5.56 Å². The molecule has 3 heterocycles. The molecular weight excluding hydrogens is 310 g/mol. The Hall–Kier alpha value is -2.05. The number of carbonyl (C=O) groups is 1. The molecule has 0 radical (unpaired) electrons. The molecule has 0 N–H and O–H groups in total. The number of methoxy groups -OCH3 is 1. The Morgan fingerprint density at radius 1 is 1.25 bits per heavy atom. The Bertz CT molecular complexity index is 758. The van der Waals surface area contributed by atoms with Gasteiger partial charge in [-0.1, -0.05) is 11.6 Å². The van der Waals surface area contributed by atoms with Gasteiger partial charge in [0.15, 0.2) is 11.5 Å². The third kappa shape index (κ3) is 1.81. The molecule has 1 aromatic rings. The average molecular weight is 329 g/mol. The van der Waals surface area contributed by atoms with Crippen molar-refractivity contribution < 1.29 is 23.7 Å². The molecule has 4 aliphatic rings. The van der Waals surface area contributed by atoms with Crippen LogP contribution < -0.4 is 9.47 Å². The number of carbonyl (C=O) groups excluding carboxylic acids is 1. The number of likely N-dealkylation sites (tertiary alicyclic amines) is 1. The highest BCUT2D eigenvalue weighted by Gasteiger charge is 2.51. The van der Waals surface area contributed by atoms with Gasteiger partial charge in [-0.05, 0) is 31.2 Å². The largest absolute Gasteiger partial charge is 0.455 e. The fourth-order valence-electron chi connectivity index (χ4n) is 4.54. The Morgan fingerprint density at radius 2 is 2.04 bits per heavy atom. The van der Waals surface area contributed by atoms with Crippen LogP contribution in [-0.2, 0) is 9.47 Å². The molecule has 0 unspecified atom stereocenters. The molecule has 0 saturated carbocycles. The normalized spacial score (nSPS) is 33.4. The molecule has 5 rings (SSSR count). The van der Waals surface area contributed by atoms with E-state index in [4.69, 9.17) is 18.9 Å². The third-order valence-electron chi connectivity index (χ3n) is 5.64. The smallest absolute Gasteiger partial charge is 0.338 e. The second kappa shape index (κ2) is 4.97. The van der Waals surface area contributed by atoms with Crippen molar-refractivity contribution in [1.82, 2.24) is 4.90 Å². The van der Waals surface area contributed by atoms with Crippen molar-refractivity contribution in [3.05, 3.63) is 34.9 Å². The van der Waals surface area contributed by atoms with Gasteiger partial charge in [-0.2, -0.15) is 0 Å². The molecule has 24 heavy (non-hydrogen) atoms. The summed E-state index contributed by atoms with van der Waals surface area (Å²) >= 11 is 0. The van der Waals surface area contributed by atoms with E-state index in [2.05, 4.69) is 18.0 Å². The van der Waals surface area contributed by atoms with Crippen LogP contribution in [0.2, 0.25) is 0 Å². The van der Waals surface area contributed by atoms with Gasteiger partial charge in [0.1, 0.15) is 12.2 Å².